The molecule has 1 aromatic heterocycles. The molecule has 2 rings (SSSR count). The molecule has 1 aromatic rings. The minimum Gasteiger partial charge on any atom is -0.394 e. The minimum atomic E-state index is -0.439. The summed E-state index contributed by atoms with van der Waals surface area (Å²) in [6.07, 6.45) is 4.57. The van der Waals surface area contributed by atoms with Gasteiger partial charge in [-0.05, 0) is 12.8 Å². The van der Waals surface area contributed by atoms with Crippen LogP contribution in [0.1, 0.15) is 12.0 Å². The first-order valence-electron chi connectivity index (χ1n) is 5.45. The van der Waals surface area contributed by atoms with Gasteiger partial charge in [-0.1, -0.05) is 0 Å². The van der Waals surface area contributed by atoms with Crippen LogP contribution in [0.25, 0.3) is 0 Å². The van der Waals surface area contributed by atoms with E-state index in [0.717, 1.165) is 24.2 Å². The van der Waals surface area contributed by atoms with Crippen molar-refractivity contribution >= 4 is 5.69 Å². The molecular weight excluding hydrogens is 220 g/mol. The number of aliphatic hydroxyl groups excluding tert-OH is 1. The van der Waals surface area contributed by atoms with Gasteiger partial charge in [0, 0.05) is 13.1 Å². The second-order valence-corrected chi connectivity index (χ2v) is 3.79. The second-order valence-electron chi connectivity index (χ2n) is 3.79. The lowest BCUT2D eigenvalue weighted by molar-refractivity contribution is 0.266. The van der Waals surface area contributed by atoms with E-state index < -0.39 is 5.56 Å². The Morgan fingerprint density at radius 1 is 1.59 bits per heavy atom. The number of nitriles is 1. The monoisotopic (exact) mass is 233 g/mol. The fourth-order valence-electron chi connectivity index (χ4n) is 1.88. The lowest BCUT2D eigenvalue weighted by atomic mass is 10.2. The lowest BCUT2D eigenvalue weighted by Gasteiger charge is -2.18. The Kier molecular flexibility index (Phi) is 3.40. The first-order valence-corrected chi connectivity index (χ1v) is 5.45. The highest BCUT2D eigenvalue weighted by molar-refractivity contribution is 5.57. The predicted octanol–water partition coefficient (Wildman–Crippen LogP) is -0.478. The van der Waals surface area contributed by atoms with Crippen LogP contribution in [0.2, 0.25) is 0 Å². The van der Waals surface area contributed by atoms with Gasteiger partial charge in [0.25, 0.3) is 5.56 Å². The fourth-order valence-corrected chi connectivity index (χ4v) is 1.88. The fraction of sp³-hybridized carbons (Fsp3) is 0.455. The van der Waals surface area contributed by atoms with Crippen LogP contribution in [0, 0.1) is 17.8 Å². The molecule has 6 heteroatoms. The van der Waals surface area contributed by atoms with Crippen molar-refractivity contribution in [3.8, 4) is 6.07 Å². The standard InChI is InChI=1S/C11H13N4O2/c12-7-9-10(14-3-1-2-4-14)8-13-15(5-6-16)11(9)17/h1,8,16H,2-6H2. The van der Waals surface area contributed by atoms with Crippen LogP contribution in [-0.4, -0.2) is 34.6 Å². The molecule has 6 nitrogen and oxygen atoms in total. The molecule has 0 aromatic carbocycles. The van der Waals surface area contributed by atoms with Gasteiger partial charge in [-0.3, -0.25) is 4.79 Å². The molecule has 2 heterocycles. The molecule has 0 aliphatic carbocycles. The van der Waals surface area contributed by atoms with E-state index in [4.69, 9.17) is 10.4 Å². The third-order valence-electron chi connectivity index (χ3n) is 2.74. The van der Waals surface area contributed by atoms with Crippen molar-refractivity contribution in [1.82, 2.24) is 9.78 Å². The largest absolute Gasteiger partial charge is 0.394 e. The summed E-state index contributed by atoms with van der Waals surface area (Å²) >= 11 is 0. The average molecular weight is 233 g/mol. The van der Waals surface area contributed by atoms with E-state index in [-0.39, 0.29) is 18.7 Å². The molecule has 0 unspecified atom stereocenters. The van der Waals surface area contributed by atoms with E-state index in [9.17, 15) is 4.79 Å². The molecule has 1 saturated heterocycles. The molecule has 0 amide bonds. The number of hydrogen-bond acceptors (Lipinski definition) is 5. The minimum absolute atomic E-state index is 0.101. The van der Waals surface area contributed by atoms with Crippen LogP contribution in [0.3, 0.4) is 0 Å². The first kappa shape index (κ1) is 11.6. The normalized spacial score (nSPS) is 14.9. The summed E-state index contributed by atoms with van der Waals surface area (Å²) in [6, 6.07) is 1.93. The summed E-state index contributed by atoms with van der Waals surface area (Å²) in [5.41, 5.74) is 0.245. The summed E-state index contributed by atoms with van der Waals surface area (Å²) < 4.78 is 1.11. The zero-order valence-electron chi connectivity index (χ0n) is 9.33. The number of rotatable bonds is 3. The third-order valence-corrected chi connectivity index (χ3v) is 2.74. The van der Waals surface area contributed by atoms with Gasteiger partial charge in [0.05, 0.1) is 25.0 Å². The lowest BCUT2D eigenvalue weighted by Crippen LogP contribution is -2.30. The van der Waals surface area contributed by atoms with Gasteiger partial charge in [-0.15, -0.1) is 0 Å². The molecule has 1 aliphatic heterocycles. The number of anilines is 1. The molecule has 1 aliphatic rings. The van der Waals surface area contributed by atoms with Crippen LogP contribution in [0.4, 0.5) is 5.69 Å². The van der Waals surface area contributed by atoms with Crippen molar-refractivity contribution in [2.24, 2.45) is 0 Å². The van der Waals surface area contributed by atoms with Crippen molar-refractivity contribution in [2.75, 3.05) is 24.6 Å². The Balaban J connectivity index is 2.44. The SMILES string of the molecule is N#Cc1c(N2C[CH]CC2)cnn(CCO)c1=O. The van der Waals surface area contributed by atoms with Gasteiger partial charge < -0.3 is 10.0 Å². The van der Waals surface area contributed by atoms with Crippen LogP contribution in [0.5, 0.6) is 0 Å². The summed E-state index contributed by atoms with van der Waals surface area (Å²) in [7, 11) is 0. The van der Waals surface area contributed by atoms with Gasteiger partial charge >= 0.3 is 0 Å². The van der Waals surface area contributed by atoms with Gasteiger partial charge in [-0.2, -0.15) is 10.4 Å². The summed E-state index contributed by atoms with van der Waals surface area (Å²) in [5, 5.41) is 21.8. The summed E-state index contributed by atoms with van der Waals surface area (Å²) in [5.74, 6) is 0. The van der Waals surface area contributed by atoms with Gasteiger partial charge in [0.1, 0.15) is 11.6 Å². The van der Waals surface area contributed by atoms with Crippen molar-refractivity contribution in [3.63, 3.8) is 0 Å². The van der Waals surface area contributed by atoms with Crippen LogP contribution in [0.15, 0.2) is 11.0 Å². The predicted molar refractivity (Wildman–Crippen MR) is 61.4 cm³/mol. The van der Waals surface area contributed by atoms with Gasteiger partial charge in [0.2, 0.25) is 0 Å². The summed E-state index contributed by atoms with van der Waals surface area (Å²) in [6.45, 7) is 1.48. The Bertz CT molecular complexity index is 497. The van der Waals surface area contributed by atoms with E-state index in [1.54, 1.807) is 0 Å². The van der Waals surface area contributed by atoms with E-state index in [1.165, 1.54) is 6.20 Å². The molecule has 0 bridgehead atoms. The van der Waals surface area contributed by atoms with E-state index >= 15 is 0 Å². The average Bonchev–Trinajstić information content (AvgIpc) is 2.85. The van der Waals surface area contributed by atoms with Crippen LogP contribution >= 0.6 is 0 Å². The Labute approximate surface area is 98.7 Å². The number of aromatic nitrogens is 2. The maximum Gasteiger partial charge on any atom is 0.286 e. The van der Waals surface area contributed by atoms with E-state index in [2.05, 4.69) is 11.5 Å². The highest BCUT2D eigenvalue weighted by Gasteiger charge is 2.19. The molecule has 17 heavy (non-hydrogen) atoms. The molecule has 1 fully saturated rings. The van der Waals surface area contributed by atoms with Crippen LogP contribution in [-0.2, 0) is 6.54 Å². The number of hydrogen-bond donors (Lipinski definition) is 1. The van der Waals surface area contributed by atoms with Crippen molar-refractivity contribution in [3.05, 3.63) is 28.5 Å². The molecule has 1 radical (unpaired) electrons. The molecule has 0 spiro atoms. The van der Waals surface area contributed by atoms with Crippen molar-refractivity contribution < 1.29 is 5.11 Å². The number of nitrogens with zero attached hydrogens (tertiary/aromatic N) is 4. The Hall–Kier alpha value is -1.87. The quantitative estimate of drug-likeness (QED) is 0.762. The molecule has 1 N–H and O–H groups in total. The Morgan fingerprint density at radius 2 is 2.41 bits per heavy atom. The second kappa shape index (κ2) is 4.97. The van der Waals surface area contributed by atoms with E-state index in [1.807, 2.05) is 11.0 Å². The first-order chi connectivity index (χ1) is 8.27. The maximum absolute atomic E-state index is 11.9. The van der Waals surface area contributed by atoms with Gasteiger partial charge in [-0.25, -0.2) is 4.68 Å². The Morgan fingerprint density at radius 3 is 3.00 bits per heavy atom. The highest BCUT2D eigenvalue weighted by Crippen LogP contribution is 2.20. The van der Waals surface area contributed by atoms with Crippen molar-refractivity contribution in [2.45, 2.75) is 13.0 Å². The number of aliphatic hydroxyl groups is 1. The van der Waals surface area contributed by atoms with E-state index in [0.29, 0.717) is 5.69 Å². The van der Waals surface area contributed by atoms with Crippen LogP contribution < -0.4 is 10.5 Å². The molecule has 89 valence electrons. The summed E-state index contributed by atoms with van der Waals surface area (Å²) in [4.78, 5) is 13.9. The van der Waals surface area contributed by atoms with Crippen molar-refractivity contribution in [1.29, 1.82) is 5.26 Å². The topological polar surface area (TPSA) is 82.2 Å². The zero-order valence-corrected chi connectivity index (χ0v) is 9.33. The smallest absolute Gasteiger partial charge is 0.286 e. The van der Waals surface area contributed by atoms with Gasteiger partial charge in [0.15, 0.2) is 0 Å². The zero-order chi connectivity index (χ0) is 12.3. The third kappa shape index (κ3) is 2.15. The maximum atomic E-state index is 11.9. The molecule has 0 saturated carbocycles. The highest BCUT2D eigenvalue weighted by atomic mass is 16.3. The molecular formula is C11H13N4O2. The molecule has 0 atom stereocenters.